The third kappa shape index (κ3) is 4.46. The van der Waals surface area contributed by atoms with Crippen LogP contribution >= 0.6 is 11.6 Å². The minimum Gasteiger partial charge on any atom is -0.314 e. The zero-order chi connectivity index (χ0) is 17.2. The summed E-state index contributed by atoms with van der Waals surface area (Å²) in [6, 6.07) is 1.00. The Bertz CT molecular complexity index is 580. The third-order valence-electron chi connectivity index (χ3n) is 3.88. The lowest BCUT2D eigenvalue weighted by molar-refractivity contribution is -0.137. The van der Waals surface area contributed by atoms with Gasteiger partial charge in [0, 0.05) is 37.8 Å². The van der Waals surface area contributed by atoms with Crippen LogP contribution in [-0.2, 0) is 6.18 Å². The van der Waals surface area contributed by atoms with Crippen LogP contribution in [-0.4, -0.2) is 31.1 Å². The molecule has 2 nitrogen and oxygen atoms in total. The van der Waals surface area contributed by atoms with Gasteiger partial charge in [-0.2, -0.15) is 13.2 Å². The predicted octanol–water partition coefficient (Wildman–Crippen LogP) is 4.41. The molecule has 1 aromatic rings. The summed E-state index contributed by atoms with van der Waals surface area (Å²) in [7, 11) is 0. The summed E-state index contributed by atoms with van der Waals surface area (Å²) >= 11 is 5.72. The van der Waals surface area contributed by atoms with Crippen LogP contribution < -0.4 is 5.32 Å². The Morgan fingerprint density at radius 1 is 1.35 bits per heavy atom. The minimum atomic E-state index is -4.57. The number of piperazine rings is 1. The highest BCUT2D eigenvalue weighted by molar-refractivity contribution is 6.30. The van der Waals surface area contributed by atoms with Crippen LogP contribution in [0.5, 0.6) is 0 Å². The molecule has 1 N–H and O–H groups in total. The van der Waals surface area contributed by atoms with E-state index in [4.69, 9.17) is 11.6 Å². The van der Waals surface area contributed by atoms with E-state index in [1.54, 1.807) is 6.92 Å². The number of hydrogen-bond donors (Lipinski definition) is 1. The van der Waals surface area contributed by atoms with Gasteiger partial charge in [0.25, 0.3) is 0 Å². The van der Waals surface area contributed by atoms with Crippen LogP contribution in [0.4, 0.5) is 17.6 Å². The van der Waals surface area contributed by atoms with E-state index in [1.807, 2.05) is 4.90 Å². The van der Waals surface area contributed by atoms with Crippen molar-refractivity contribution in [3.8, 4) is 0 Å². The van der Waals surface area contributed by atoms with Crippen molar-refractivity contribution >= 4 is 11.6 Å². The summed E-state index contributed by atoms with van der Waals surface area (Å²) in [5, 5.41) is 2.67. The van der Waals surface area contributed by atoms with Gasteiger partial charge in [-0.3, -0.25) is 4.90 Å². The van der Waals surface area contributed by atoms with Gasteiger partial charge in [0.05, 0.1) is 10.6 Å². The van der Waals surface area contributed by atoms with Gasteiger partial charge in [-0.15, -0.1) is 6.58 Å². The van der Waals surface area contributed by atoms with Gasteiger partial charge in [0.2, 0.25) is 0 Å². The van der Waals surface area contributed by atoms with Crippen molar-refractivity contribution < 1.29 is 17.6 Å². The van der Waals surface area contributed by atoms with E-state index in [0.29, 0.717) is 38.7 Å². The Kier molecular flexibility index (Phi) is 5.70. The molecule has 0 amide bonds. The molecule has 0 radical (unpaired) electrons. The average Bonchev–Trinajstić information content (AvgIpc) is 2.47. The Labute approximate surface area is 138 Å². The monoisotopic (exact) mass is 350 g/mol. The van der Waals surface area contributed by atoms with Crippen LogP contribution in [0.2, 0.25) is 5.02 Å². The van der Waals surface area contributed by atoms with E-state index < -0.39 is 28.6 Å². The summed E-state index contributed by atoms with van der Waals surface area (Å²) in [5.74, 6) is -0.788. The molecule has 1 aliphatic heterocycles. The van der Waals surface area contributed by atoms with E-state index in [2.05, 4.69) is 11.9 Å². The second-order valence-corrected chi connectivity index (χ2v) is 6.23. The molecule has 128 valence electrons. The number of alkyl halides is 3. The SMILES string of the molecule is C=C(C)C[C@@H](c1cc(C(F)(F)F)cc(Cl)c1F)N1CCNCC1. The summed E-state index contributed by atoms with van der Waals surface area (Å²) in [6.45, 7) is 8.28. The summed E-state index contributed by atoms with van der Waals surface area (Å²) < 4.78 is 53.5. The molecule has 0 aromatic heterocycles. The maximum atomic E-state index is 14.5. The lowest BCUT2D eigenvalue weighted by atomic mass is 9.95. The van der Waals surface area contributed by atoms with Crippen LogP contribution in [0.25, 0.3) is 0 Å². The zero-order valence-corrected chi connectivity index (χ0v) is 13.6. The van der Waals surface area contributed by atoms with E-state index in [9.17, 15) is 17.6 Å². The number of benzene rings is 1. The average molecular weight is 351 g/mol. The zero-order valence-electron chi connectivity index (χ0n) is 12.8. The van der Waals surface area contributed by atoms with Gasteiger partial charge in [-0.25, -0.2) is 4.39 Å². The highest BCUT2D eigenvalue weighted by Gasteiger charge is 2.34. The number of rotatable bonds is 4. The summed E-state index contributed by atoms with van der Waals surface area (Å²) in [6.07, 6.45) is -4.18. The van der Waals surface area contributed by atoms with Crippen LogP contribution in [0.3, 0.4) is 0 Å². The van der Waals surface area contributed by atoms with Gasteiger partial charge in [0.1, 0.15) is 5.82 Å². The van der Waals surface area contributed by atoms with Crippen molar-refractivity contribution in [3.05, 3.63) is 46.3 Å². The highest BCUT2D eigenvalue weighted by atomic mass is 35.5. The Balaban J connectivity index is 2.48. The lowest BCUT2D eigenvalue weighted by Crippen LogP contribution is -2.45. The van der Waals surface area contributed by atoms with Crippen molar-refractivity contribution in [2.75, 3.05) is 26.2 Å². The molecule has 0 unspecified atom stereocenters. The molecule has 0 spiro atoms. The first-order chi connectivity index (χ1) is 10.7. The predicted molar refractivity (Wildman–Crippen MR) is 83.0 cm³/mol. The van der Waals surface area contributed by atoms with Crippen molar-refractivity contribution in [2.24, 2.45) is 0 Å². The molecule has 0 bridgehead atoms. The van der Waals surface area contributed by atoms with Gasteiger partial charge >= 0.3 is 6.18 Å². The van der Waals surface area contributed by atoms with Gasteiger partial charge in [0.15, 0.2) is 0 Å². The molecule has 1 fully saturated rings. The molecular weight excluding hydrogens is 332 g/mol. The maximum Gasteiger partial charge on any atom is 0.416 e. The first kappa shape index (κ1) is 18.2. The quantitative estimate of drug-likeness (QED) is 0.639. The fourth-order valence-corrected chi connectivity index (χ4v) is 3.00. The second-order valence-electron chi connectivity index (χ2n) is 5.82. The molecule has 1 heterocycles. The van der Waals surface area contributed by atoms with E-state index >= 15 is 0 Å². The van der Waals surface area contributed by atoms with Crippen molar-refractivity contribution in [3.63, 3.8) is 0 Å². The van der Waals surface area contributed by atoms with E-state index in [0.717, 1.165) is 11.6 Å². The summed E-state index contributed by atoms with van der Waals surface area (Å²) in [5.41, 5.74) is -0.169. The van der Waals surface area contributed by atoms with Crippen LogP contribution in [0.15, 0.2) is 24.3 Å². The third-order valence-corrected chi connectivity index (χ3v) is 4.15. The van der Waals surface area contributed by atoms with Crippen molar-refractivity contribution in [2.45, 2.75) is 25.6 Å². The molecular formula is C16H19ClF4N2. The van der Waals surface area contributed by atoms with Crippen molar-refractivity contribution in [1.29, 1.82) is 0 Å². The molecule has 7 heteroatoms. The normalized spacial score (nSPS) is 18.0. The number of hydrogen-bond acceptors (Lipinski definition) is 2. The van der Waals surface area contributed by atoms with Crippen LogP contribution in [0.1, 0.15) is 30.5 Å². The van der Waals surface area contributed by atoms with Gasteiger partial charge < -0.3 is 5.32 Å². The molecule has 1 saturated heterocycles. The smallest absolute Gasteiger partial charge is 0.314 e. The van der Waals surface area contributed by atoms with Crippen molar-refractivity contribution in [1.82, 2.24) is 10.2 Å². The minimum absolute atomic E-state index is 0.0188. The largest absolute Gasteiger partial charge is 0.416 e. The molecule has 0 saturated carbocycles. The van der Waals surface area contributed by atoms with Gasteiger partial charge in [-0.1, -0.05) is 17.2 Å². The molecule has 2 rings (SSSR count). The molecule has 1 atom stereocenters. The molecule has 23 heavy (non-hydrogen) atoms. The molecule has 0 aliphatic carbocycles. The maximum absolute atomic E-state index is 14.5. The Morgan fingerprint density at radius 3 is 2.48 bits per heavy atom. The lowest BCUT2D eigenvalue weighted by Gasteiger charge is -2.36. The fourth-order valence-electron chi connectivity index (χ4n) is 2.78. The van der Waals surface area contributed by atoms with Crippen LogP contribution in [0, 0.1) is 5.82 Å². The standard InChI is InChI=1S/C16H19ClF4N2/c1-10(2)7-14(23-5-3-22-4-6-23)12-8-11(16(19,20)21)9-13(17)15(12)18/h8-9,14,22H,1,3-7H2,2H3/t14-/m0/s1. The molecule has 1 aromatic carbocycles. The van der Waals surface area contributed by atoms with E-state index in [-0.39, 0.29) is 5.56 Å². The second kappa shape index (κ2) is 7.20. The molecule has 1 aliphatic rings. The summed E-state index contributed by atoms with van der Waals surface area (Å²) in [4.78, 5) is 1.97. The topological polar surface area (TPSA) is 15.3 Å². The fraction of sp³-hybridized carbons (Fsp3) is 0.500. The first-order valence-electron chi connectivity index (χ1n) is 7.35. The number of nitrogens with one attached hydrogen (secondary N) is 1. The highest BCUT2D eigenvalue weighted by Crippen LogP contribution is 2.38. The Hall–Kier alpha value is -1.11. The number of nitrogens with zero attached hydrogens (tertiary/aromatic N) is 1. The number of halogens is 5. The Morgan fingerprint density at radius 2 is 1.96 bits per heavy atom. The van der Waals surface area contributed by atoms with E-state index in [1.165, 1.54) is 0 Å². The van der Waals surface area contributed by atoms with Gasteiger partial charge in [-0.05, 0) is 25.5 Å². The first-order valence-corrected chi connectivity index (χ1v) is 7.73.